The van der Waals surface area contributed by atoms with Gasteiger partial charge in [0.25, 0.3) is 0 Å². The molecule has 1 aromatic heterocycles. The Morgan fingerprint density at radius 2 is 1.72 bits per heavy atom. The van der Waals surface area contributed by atoms with Crippen molar-refractivity contribution in [2.24, 2.45) is 0 Å². The highest BCUT2D eigenvalue weighted by Gasteiger charge is 2.27. The summed E-state index contributed by atoms with van der Waals surface area (Å²) in [5, 5.41) is 3.30. The molecule has 0 aliphatic heterocycles. The van der Waals surface area contributed by atoms with Crippen LogP contribution in [-0.4, -0.2) is 24.3 Å². The molecular weight excluding hydrogens is 386 g/mol. The van der Waals surface area contributed by atoms with Crippen molar-refractivity contribution in [2.75, 3.05) is 11.9 Å². The van der Waals surface area contributed by atoms with E-state index >= 15 is 0 Å². The lowest BCUT2D eigenvalue weighted by atomic mass is 9.90. The van der Waals surface area contributed by atoms with E-state index in [9.17, 15) is 14.4 Å². The number of hydrogen-bond donors (Lipinski definition) is 1. The standard InChI is InChI=1S/C23H25NO4S/c1-14(25)24-22-21(18-8-4-5-9-20(18)29-22)23(27)28-13-19(26)17-11-10-15-6-2-3-7-16(15)12-17/h10-12H,2-9,13H2,1H3,(H,24,25). The van der Waals surface area contributed by atoms with Gasteiger partial charge >= 0.3 is 5.97 Å². The molecule has 152 valence electrons. The summed E-state index contributed by atoms with van der Waals surface area (Å²) in [6, 6.07) is 5.79. The Bertz CT molecular complexity index is 975. The van der Waals surface area contributed by atoms with Crippen molar-refractivity contribution in [3.05, 3.63) is 50.9 Å². The van der Waals surface area contributed by atoms with Crippen molar-refractivity contribution in [3.8, 4) is 0 Å². The number of carbonyl (C=O) groups excluding carboxylic acids is 3. The van der Waals surface area contributed by atoms with Crippen molar-refractivity contribution >= 4 is 34.0 Å². The first-order chi connectivity index (χ1) is 14.0. The average molecular weight is 412 g/mol. The highest BCUT2D eigenvalue weighted by atomic mass is 32.1. The van der Waals surface area contributed by atoms with Crippen molar-refractivity contribution in [3.63, 3.8) is 0 Å². The molecule has 0 saturated carbocycles. The molecule has 2 aromatic rings. The Labute approximate surface area is 174 Å². The second-order valence-electron chi connectivity index (χ2n) is 7.79. The molecule has 0 bridgehead atoms. The molecule has 6 heteroatoms. The van der Waals surface area contributed by atoms with Crippen LogP contribution >= 0.6 is 11.3 Å². The molecular formula is C23H25NO4S. The topological polar surface area (TPSA) is 72.5 Å². The van der Waals surface area contributed by atoms with Gasteiger partial charge in [-0.15, -0.1) is 11.3 Å². The lowest BCUT2D eigenvalue weighted by Gasteiger charge is -2.16. The highest BCUT2D eigenvalue weighted by molar-refractivity contribution is 7.17. The Morgan fingerprint density at radius 1 is 1.00 bits per heavy atom. The predicted octanol–water partition coefficient (Wildman–Crippen LogP) is 4.50. The third-order valence-corrected chi connectivity index (χ3v) is 6.88. The van der Waals surface area contributed by atoms with E-state index in [0.717, 1.165) is 55.4 Å². The predicted molar refractivity (Wildman–Crippen MR) is 113 cm³/mol. The van der Waals surface area contributed by atoms with Crippen LogP contribution in [0.15, 0.2) is 18.2 Å². The largest absolute Gasteiger partial charge is 0.454 e. The number of rotatable bonds is 5. The molecule has 1 N–H and O–H groups in total. The molecule has 0 atom stereocenters. The van der Waals surface area contributed by atoms with Crippen LogP contribution in [0.2, 0.25) is 0 Å². The van der Waals surface area contributed by atoms with Gasteiger partial charge in [-0.1, -0.05) is 12.1 Å². The third kappa shape index (κ3) is 4.27. The van der Waals surface area contributed by atoms with Crippen LogP contribution in [0.5, 0.6) is 0 Å². The average Bonchev–Trinajstić information content (AvgIpc) is 3.08. The molecule has 1 heterocycles. The number of ether oxygens (including phenoxy) is 1. The van der Waals surface area contributed by atoms with E-state index in [1.807, 2.05) is 18.2 Å². The van der Waals surface area contributed by atoms with E-state index < -0.39 is 5.97 Å². The maximum absolute atomic E-state index is 12.8. The summed E-state index contributed by atoms with van der Waals surface area (Å²) in [6.45, 7) is 1.13. The van der Waals surface area contributed by atoms with E-state index in [1.165, 1.54) is 35.8 Å². The van der Waals surface area contributed by atoms with Gasteiger partial charge in [-0.05, 0) is 74.1 Å². The number of thiophene rings is 1. The Kier molecular flexibility index (Phi) is 5.81. The maximum atomic E-state index is 12.8. The molecule has 2 aliphatic rings. The van der Waals surface area contributed by atoms with Crippen molar-refractivity contribution in [1.82, 2.24) is 0 Å². The molecule has 0 unspecified atom stereocenters. The zero-order valence-electron chi connectivity index (χ0n) is 16.6. The SMILES string of the molecule is CC(=O)Nc1sc2c(c1C(=O)OCC(=O)c1ccc3c(c1)CCCC3)CCCC2. The smallest absolute Gasteiger partial charge is 0.341 e. The maximum Gasteiger partial charge on any atom is 0.341 e. The summed E-state index contributed by atoms with van der Waals surface area (Å²) < 4.78 is 5.40. The first-order valence-electron chi connectivity index (χ1n) is 10.3. The molecule has 4 rings (SSSR count). The van der Waals surface area contributed by atoms with Crippen LogP contribution in [0, 0.1) is 0 Å². The Hall–Kier alpha value is -2.47. The van der Waals surface area contributed by atoms with Gasteiger partial charge in [-0.25, -0.2) is 4.79 Å². The first-order valence-corrected chi connectivity index (χ1v) is 11.1. The van der Waals surface area contributed by atoms with Crippen molar-refractivity contribution < 1.29 is 19.1 Å². The fourth-order valence-electron chi connectivity index (χ4n) is 4.22. The number of Topliss-reactive ketones (excluding diaryl/α,β-unsaturated/α-hetero) is 1. The van der Waals surface area contributed by atoms with Gasteiger partial charge in [-0.3, -0.25) is 9.59 Å². The minimum atomic E-state index is -0.528. The van der Waals surface area contributed by atoms with E-state index in [-0.39, 0.29) is 18.3 Å². The summed E-state index contributed by atoms with van der Waals surface area (Å²) in [5.74, 6) is -0.945. The van der Waals surface area contributed by atoms with Crippen LogP contribution in [0.1, 0.15) is 74.9 Å². The number of benzene rings is 1. The zero-order valence-corrected chi connectivity index (χ0v) is 17.5. The lowest BCUT2D eigenvalue weighted by molar-refractivity contribution is -0.114. The van der Waals surface area contributed by atoms with Gasteiger partial charge in [-0.2, -0.15) is 0 Å². The van der Waals surface area contributed by atoms with Gasteiger partial charge in [0.1, 0.15) is 5.00 Å². The monoisotopic (exact) mass is 411 g/mol. The number of carbonyl (C=O) groups is 3. The molecule has 1 aromatic carbocycles. The van der Waals surface area contributed by atoms with E-state index in [0.29, 0.717) is 16.1 Å². The number of fused-ring (bicyclic) bond motifs is 2. The highest BCUT2D eigenvalue weighted by Crippen LogP contribution is 2.38. The van der Waals surface area contributed by atoms with Gasteiger partial charge < -0.3 is 10.1 Å². The first kappa shape index (κ1) is 19.8. The number of hydrogen-bond acceptors (Lipinski definition) is 5. The Balaban J connectivity index is 1.49. The number of nitrogens with one attached hydrogen (secondary N) is 1. The Morgan fingerprint density at radius 3 is 2.52 bits per heavy atom. The molecule has 5 nitrogen and oxygen atoms in total. The molecule has 29 heavy (non-hydrogen) atoms. The molecule has 0 radical (unpaired) electrons. The molecule has 0 spiro atoms. The minimum absolute atomic E-state index is 0.197. The van der Waals surface area contributed by atoms with Gasteiger partial charge in [0.05, 0.1) is 5.56 Å². The zero-order chi connectivity index (χ0) is 20.4. The number of anilines is 1. The third-order valence-electron chi connectivity index (χ3n) is 5.67. The van der Waals surface area contributed by atoms with E-state index in [2.05, 4.69) is 5.32 Å². The summed E-state index contributed by atoms with van der Waals surface area (Å²) in [5.41, 5.74) is 4.53. The minimum Gasteiger partial charge on any atom is -0.454 e. The quantitative estimate of drug-likeness (QED) is 0.581. The molecule has 0 fully saturated rings. The van der Waals surface area contributed by atoms with E-state index in [1.54, 1.807) is 0 Å². The summed E-state index contributed by atoms with van der Waals surface area (Å²) in [4.78, 5) is 38.1. The number of amides is 1. The van der Waals surface area contributed by atoms with Gasteiger partial charge in [0.15, 0.2) is 12.4 Å². The second-order valence-corrected chi connectivity index (χ2v) is 8.89. The number of ketones is 1. The molecule has 1 amide bonds. The van der Waals surface area contributed by atoms with E-state index in [4.69, 9.17) is 4.74 Å². The van der Waals surface area contributed by atoms with Crippen molar-refractivity contribution in [2.45, 2.75) is 58.3 Å². The summed E-state index contributed by atoms with van der Waals surface area (Å²) >= 11 is 1.45. The van der Waals surface area contributed by atoms with Gasteiger partial charge in [0, 0.05) is 17.4 Å². The molecule has 0 saturated heterocycles. The summed E-state index contributed by atoms with van der Waals surface area (Å²) in [7, 11) is 0. The number of esters is 1. The van der Waals surface area contributed by atoms with Crippen LogP contribution in [0.4, 0.5) is 5.00 Å². The van der Waals surface area contributed by atoms with Crippen LogP contribution < -0.4 is 5.32 Å². The molecule has 2 aliphatic carbocycles. The summed E-state index contributed by atoms with van der Waals surface area (Å²) in [6.07, 6.45) is 8.21. The van der Waals surface area contributed by atoms with Crippen LogP contribution in [0.25, 0.3) is 0 Å². The second kappa shape index (κ2) is 8.49. The fourth-order valence-corrected chi connectivity index (χ4v) is 5.55. The van der Waals surface area contributed by atoms with Crippen LogP contribution in [-0.2, 0) is 35.2 Å². The van der Waals surface area contributed by atoms with Crippen molar-refractivity contribution in [1.29, 1.82) is 0 Å². The normalized spacial score (nSPS) is 15.2. The lowest BCUT2D eigenvalue weighted by Crippen LogP contribution is -2.18. The number of aryl methyl sites for hydroxylation is 3. The van der Waals surface area contributed by atoms with Crippen LogP contribution in [0.3, 0.4) is 0 Å². The fraction of sp³-hybridized carbons (Fsp3) is 0.435. The van der Waals surface area contributed by atoms with Gasteiger partial charge in [0.2, 0.25) is 5.91 Å².